The summed E-state index contributed by atoms with van der Waals surface area (Å²) in [4.78, 5) is 6.90. The molecule has 3 aromatic rings. The first kappa shape index (κ1) is 12.8. The van der Waals surface area contributed by atoms with Crippen LogP contribution in [0.1, 0.15) is 5.56 Å². The molecular formula is C20H16N2. The molecule has 0 spiro atoms. The van der Waals surface area contributed by atoms with E-state index in [4.69, 9.17) is 4.98 Å². The Kier molecular flexibility index (Phi) is 3.01. The van der Waals surface area contributed by atoms with Gasteiger partial charge < -0.3 is 4.90 Å². The third-order valence-electron chi connectivity index (χ3n) is 4.02. The molecule has 4 rings (SSSR count). The van der Waals surface area contributed by atoms with Gasteiger partial charge in [-0.15, -0.1) is 0 Å². The first-order valence-corrected chi connectivity index (χ1v) is 7.40. The third kappa shape index (κ3) is 2.09. The van der Waals surface area contributed by atoms with Gasteiger partial charge in [-0.1, -0.05) is 42.5 Å². The van der Waals surface area contributed by atoms with Crippen molar-refractivity contribution in [2.24, 2.45) is 0 Å². The van der Waals surface area contributed by atoms with Gasteiger partial charge in [0.1, 0.15) is 0 Å². The molecule has 2 aromatic carbocycles. The van der Waals surface area contributed by atoms with Crippen LogP contribution in [0.15, 0.2) is 78.7 Å². The minimum atomic E-state index is 1.03. The van der Waals surface area contributed by atoms with Crippen molar-refractivity contribution in [3.05, 3.63) is 84.2 Å². The highest BCUT2D eigenvalue weighted by atomic mass is 15.1. The molecule has 0 N–H and O–H groups in total. The predicted molar refractivity (Wildman–Crippen MR) is 93.3 cm³/mol. The summed E-state index contributed by atoms with van der Waals surface area (Å²) in [5.41, 5.74) is 4.46. The van der Waals surface area contributed by atoms with E-state index in [9.17, 15) is 0 Å². The number of para-hydroxylation sites is 2. The van der Waals surface area contributed by atoms with Crippen LogP contribution in [0.25, 0.3) is 27.9 Å². The molecule has 0 saturated carbocycles. The predicted octanol–water partition coefficient (Wildman–Crippen LogP) is 4.74. The van der Waals surface area contributed by atoms with Crippen LogP contribution in [0.4, 0.5) is 0 Å². The smallest absolute Gasteiger partial charge is 0.0715 e. The summed E-state index contributed by atoms with van der Waals surface area (Å²) in [5, 5.41) is 2.37. The van der Waals surface area contributed by atoms with Crippen LogP contribution in [0.3, 0.4) is 0 Å². The normalized spacial score (nSPS) is 16.0. The summed E-state index contributed by atoms with van der Waals surface area (Å²) in [6, 6.07) is 16.6. The summed E-state index contributed by atoms with van der Waals surface area (Å²) in [5.74, 6) is 0. The zero-order chi connectivity index (χ0) is 14.9. The largest absolute Gasteiger partial charge is 0.351 e. The number of fused-ring (bicyclic) bond motifs is 2. The Morgan fingerprint density at radius 3 is 2.14 bits per heavy atom. The van der Waals surface area contributed by atoms with Crippen molar-refractivity contribution in [3.63, 3.8) is 0 Å². The van der Waals surface area contributed by atoms with Crippen LogP contribution < -0.4 is 0 Å². The maximum Gasteiger partial charge on any atom is 0.0715 e. The lowest BCUT2D eigenvalue weighted by Gasteiger charge is -2.18. The zero-order valence-electron chi connectivity index (χ0n) is 12.4. The SMILES string of the molecule is CN1C=CC=C/C1=C\c1c2ccccc2nc2ccccc12. The van der Waals surface area contributed by atoms with Gasteiger partial charge in [0.15, 0.2) is 0 Å². The minimum Gasteiger partial charge on any atom is -0.351 e. The number of allylic oxidation sites excluding steroid dienone is 3. The van der Waals surface area contributed by atoms with E-state index < -0.39 is 0 Å². The van der Waals surface area contributed by atoms with Gasteiger partial charge >= 0.3 is 0 Å². The molecule has 2 heteroatoms. The topological polar surface area (TPSA) is 16.1 Å². The van der Waals surface area contributed by atoms with Crippen molar-refractivity contribution in [3.8, 4) is 0 Å². The number of likely N-dealkylation sites (N-methyl/N-ethyl adjacent to an activating group) is 1. The van der Waals surface area contributed by atoms with E-state index in [1.54, 1.807) is 0 Å². The van der Waals surface area contributed by atoms with Gasteiger partial charge in [0.05, 0.1) is 11.0 Å². The van der Waals surface area contributed by atoms with E-state index in [1.807, 2.05) is 18.2 Å². The Morgan fingerprint density at radius 2 is 1.50 bits per heavy atom. The van der Waals surface area contributed by atoms with E-state index in [-0.39, 0.29) is 0 Å². The molecule has 2 nitrogen and oxygen atoms in total. The second-order valence-corrected chi connectivity index (χ2v) is 5.44. The van der Waals surface area contributed by atoms with E-state index in [0.717, 1.165) is 11.0 Å². The summed E-state index contributed by atoms with van der Waals surface area (Å²) in [6.45, 7) is 0. The standard InChI is InChI=1S/C20H16N2/c1-22-13-7-6-8-15(22)14-18-16-9-2-4-11-19(16)21-20-12-5-3-10-17(18)20/h2-14H,1H3/b15-14+. The van der Waals surface area contributed by atoms with Crippen molar-refractivity contribution >= 4 is 27.9 Å². The number of hydrogen-bond donors (Lipinski definition) is 0. The van der Waals surface area contributed by atoms with Crippen LogP contribution in [0, 0.1) is 0 Å². The van der Waals surface area contributed by atoms with Gasteiger partial charge in [0.2, 0.25) is 0 Å². The average Bonchev–Trinajstić information content (AvgIpc) is 2.56. The van der Waals surface area contributed by atoms with Gasteiger partial charge in [0, 0.05) is 29.7 Å². The summed E-state index contributed by atoms with van der Waals surface area (Å²) < 4.78 is 0. The van der Waals surface area contributed by atoms with Gasteiger partial charge in [-0.2, -0.15) is 0 Å². The Balaban J connectivity index is 2.07. The van der Waals surface area contributed by atoms with Crippen molar-refractivity contribution in [2.45, 2.75) is 0 Å². The van der Waals surface area contributed by atoms with Gasteiger partial charge in [0.25, 0.3) is 0 Å². The van der Waals surface area contributed by atoms with Crippen LogP contribution in [0.5, 0.6) is 0 Å². The van der Waals surface area contributed by atoms with Gasteiger partial charge in [-0.05, 0) is 35.9 Å². The van der Waals surface area contributed by atoms with E-state index >= 15 is 0 Å². The fourth-order valence-corrected chi connectivity index (χ4v) is 2.86. The van der Waals surface area contributed by atoms with Crippen molar-refractivity contribution in [1.29, 1.82) is 0 Å². The molecule has 0 unspecified atom stereocenters. The molecule has 1 aromatic heterocycles. The highest BCUT2D eigenvalue weighted by molar-refractivity contribution is 6.03. The maximum absolute atomic E-state index is 4.78. The molecule has 0 amide bonds. The fraction of sp³-hybridized carbons (Fsp3) is 0.0500. The molecule has 0 saturated heterocycles. The highest BCUT2D eigenvalue weighted by Crippen LogP contribution is 2.28. The third-order valence-corrected chi connectivity index (χ3v) is 4.02. The molecule has 0 fully saturated rings. The Labute approximate surface area is 129 Å². The summed E-state index contributed by atoms with van der Waals surface area (Å²) >= 11 is 0. The average molecular weight is 284 g/mol. The molecule has 0 aliphatic carbocycles. The first-order chi connectivity index (χ1) is 10.8. The van der Waals surface area contributed by atoms with Crippen molar-refractivity contribution in [2.75, 3.05) is 7.05 Å². The van der Waals surface area contributed by atoms with Crippen molar-refractivity contribution in [1.82, 2.24) is 9.88 Å². The van der Waals surface area contributed by atoms with Crippen LogP contribution in [-0.2, 0) is 0 Å². The molecule has 22 heavy (non-hydrogen) atoms. The van der Waals surface area contributed by atoms with Crippen LogP contribution in [0.2, 0.25) is 0 Å². The quantitative estimate of drug-likeness (QED) is 0.600. The lowest BCUT2D eigenvalue weighted by Crippen LogP contribution is -2.10. The van der Waals surface area contributed by atoms with Gasteiger partial charge in [-0.3, -0.25) is 0 Å². The number of hydrogen-bond acceptors (Lipinski definition) is 2. The molecule has 0 atom stereocenters. The van der Waals surface area contributed by atoms with Crippen LogP contribution in [-0.4, -0.2) is 16.9 Å². The number of nitrogens with zero attached hydrogens (tertiary/aromatic N) is 2. The Bertz CT molecular complexity index is 894. The molecule has 106 valence electrons. The Morgan fingerprint density at radius 1 is 0.864 bits per heavy atom. The second-order valence-electron chi connectivity index (χ2n) is 5.44. The maximum atomic E-state index is 4.78. The molecular weight excluding hydrogens is 268 g/mol. The summed E-state index contributed by atoms with van der Waals surface area (Å²) in [6.07, 6.45) is 10.5. The lowest BCUT2D eigenvalue weighted by molar-refractivity contribution is 0.589. The van der Waals surface area contributed by atoms with Crippen LogP contribution >= 0.6 is 0 Å². The zero-order valence-corrected chi connectivity index (χ0v) is 12.4. The molecule has 2 heterocycles. The molecule has 0 radical (unpaired) electrons. The lowest BCUT2D eigenvalue weighted by atomic mass is 10.0. The van der Waals surface area contributed by atoms with Crippen molar-refractivity contribution < 1.29 is 0 Å². The molecule has 1 aliphatic rings. The Hall–Kier alpha value is -2.87. The van der Waals surface area contributed by atoms with E-state index in [0.29, 0.717) is 0 Å². The molecule has 1 aliphatic heterocycles. The number of benzene rings is 2. The highest BCUT2D eigenvalue weighted by Gasteiger charge is 2.09. The molecule has 0 bridgehead atoms. The summed E-state index contributed by atoms with van der Waals surface area (Å²) in [7, 11) is 2.07. The second kappa shape index (κ2) is 5.15. The number of rotatable bonds is 1. The first-order valence-electron chi connectivity index (χ1n) is 7.40. The number of aromatic nitrogens is 1. The van der Waals surface area contributed by atoms with Gasteiger partial charge in [-0.25, -0.2) is 4.98 Å². The van der Waals surface area contributed by atoms with E-state index in [2.05, 4.69) is 72.8 Å². The fourth-order valence-electron chi connectivity index (χ4n) is 2.86. The monoisotopic (exact) mass is 284 g/mol. The van der Waals surface area contributed by atoms with E-state index in [1.165, 1.54) is 22.0 Å². The minimum absolute atomic E-state index is 1.03. The number of pyridine rings is 1.